The van der Waals surface area contributed by atoms with Gasteiger partial charge in [-0.05, 0) is 19.9 Å². The molecule has 0 aliphatic carbocycles. The van der Waals surface area contributed by atoms with E-state index in [2.05, 4.69) is 0 Å². The molecule has 25 heavy (non-hydrogen) atoms. The molecule has 0 bridgehead atoms. The third kappa shape index (κ3) is 4.96. The lowest BCUT2D eigenvalue weighted by Gasteiger charge is -2.21. The SMILES string of the molecule is CON(Cc1ccccc1OC(C)C)C(=O)C=C1OC(C)(C)OC1=O. The predicted octanol–water partition coefficient (Wildman–Crippen LogP) is 2.56. The molecular weight excluding hydrogens is 326 g/mol. The Bertz CT molecular complexity index is 680. The lowest BCUT2D eigenvalue weighted by molar-refractivity contribution is -0.173. The van der Waals surface area contributed by atoms with Gasteiger partial charge in [0.25, 0.3) is 5.91 Å². The molecule has 0 N–H and O–H groups in total. The zero-order valence-corrected chi connectivity index (χ0v) is 15.1. The van der Waals surface area contributed by atoms with E-state index in [1.54, 1.807) is 13.8 Å². The van der Waals surface area contributed by atoms with E-state index < -0.39 is 17.7 Å². The van der Waals surface area contributed by atoms with Crippen LogP contribution >= 0.6 is 0 Å². The van der Waals surface area contributed by atoms with Crippen molar-refractivity contribution >= 4 is 11.9 Å². The van der Waals surface area contributed by atoms with Gasteiger partial charge < -0.3 is 14.2 Å². The molecular formula is C18H23NO6. The molecule has 1 aliphatic heterocycles. The molecule has 1 amide bonds. The first-order valence-corrected chi connectivity index (χ1v) is 7.96. The highest BCUT2D eigenvalue weighted by atomic mass is 16.8. The number of carbonyl (C=O) groups is 2. The summed E-state index contributed by atoms with van der Waals surface area (Å²) in [5.74, 6) is -1.79. The van der Waals surface area contributed by atoms with Crippen LogP contribution in [0.4, 0.5) is 0 Å². The van der Waals surface area contributed by atoms with Crippen LogP contribution in [-0.2, 0) is 30.4 Å². The Hall–Kier alpha value is -2.54. The zero-order valence-electron chi connectivity index (χ0n) is 15.1. The lowest BCUT2D eigenvalue weighted by Crippen LogP contribution is -2.29. The van der Waals surface area contributed by atoms with Gasteiger partial charge in [0, 0.05) is 19.4 Å². The molecule has 0 spiro atoms. The second-order valence-corrected chi connectivity index (χ2v) is 6.23. The molecule has 0 unspecified atom stereocenters. The summed E-state index contributed by atoms with van der Waals surface area (Å²) in [4.78, 5) is 29.3. The second-order valence-electron chi connectivity index (χ2n) is 6.23. The number of hydrogen-bond acceptors (Lipinski definition) is 6. The molecule has 0 radical (unpaired) electrons. The average molecular weight is 349 g/mol. The number of cyclic esters (lactones) is 1. The van der Waals surface area contributed by atoms with Crippen LogP contribution in [0.3, 0.4) is 0 Å². The van der Waals surface area contributed by atoms with E-state index in [9.17, 15) is 9.59 Å². The van der Waals surface area contributed by atoms with Gasteiger partial charge in [-0.3, -0.25) is 9.63 Å². The normalized spacial score (nSPS) is 17.4. The van der Waals surface area contributed by atoms with Crippen LogP contribution in [0.5, 0.6) is 5.75 Å². The number of benzene rings is 1. The first-order valence-electron chi connectivity index (χ1n) is 7.96. The van der Waals surface area contributed by atoms with Crippen molar-refractivity contribution in [3.63, 3.8) is 0 Å². The van der Waals surface area contributed by atoms with Gasteiger partial charge in [0.15, 0.2) is 0 Å². The molecule has 1 fully saturated rings. The van der Waals surface area contributed by atoms with Crippen LogP contribution in [0.1, 0.15) is 33.3 Å². The Labute approximate surface area is 147 Å². The standard InChI is InChI=1S/C18H23NO6/c1-12(2)23-14-9-7-6-8-13(14)11-19(22-5)16(20)10-15-17(21)25-18(3,4)24-15/h6-10,12H,11H2,1-5H3. The number of carbonyl (C=O) groups excluding carboxylic acids is 2. The highest BCUT2D eigenvalue weighted by Gasteiger charge is 2.38. The summed E-state index contributed by atoms with van der Waals surface area (Å²) in [5.41, 5.74) is 0.778. The summed E-state index contributed by atoms with van der Waals surface area (Å²) in [6.45, 7) is 7.17. The molecule has 136 valence electrons. The molecule has 7 nitrogen and oxygen atoms in total. The van der Waals surface area contributed by atoms with E-state index in [1.165, 1.54) is 7.11 Å². The number of amides is 1. The van der Waals surface area contributed by atoms with E-state index in [0.717, 1.165) is 16.7 Å². The Morgan fingerprint density at radius 2 is 1.96 bits per heavy atom. The third-order valence-corrected chi connectivity index (χ3v) is 3.27. The van der Waals surface area contributed by atoms with E-state index >= 15 is 0 Å². The molecule has 0 saturated carbocycles. The van der Waals surface area contributed by atoms with Crippen molar-refractivity contribution in [2.45, 2.75) is 46.1 Å². The van der Waals surface area contributed by atoms with Crippen LogP contribution in [0, 0.1) is 0 Å². The number of rotatable bonds is 6. The maximum atomic E-state index is 12.4. The van der Waals surface area contributed by atoms with Crippen molar-refractivity contribution in [1.82, 2.24) is 5.06 Å². The van der Waals surface area contributed by atoms with Gasteiger partial charge in [-0.25, -0.2) is 9.86 Å². The fourth-order valence-corrected chi connectivity index (χ4v) is 2.26. The first-order chi connectivity index (χ1) is 11.7. The van der Waals surface area contributed by atoms with Crippen LogP contribution in [0.15, 0.2) is 36.1 Å². The summed E-state index contributed by atoms with van der Waals surface area (Å²) < 4.78 is 16.1. The Kier molecular flexibility index (Phi) is 5.69. The van der Waals surface area contributed by atoms with Crippen LogP contribution in [-0.4, -0.2) is 35.9 Å². The fourth-order valence-electron chi connectivity index (χ4n) is 2.26. The zero-order chi connectivity index (χ0) is 18.6. The van der Waals surface area contributed by atoms with E-state index in [0.29, 0.717) is 5.75 Å². The van der Waals surface area contributed by atoms with Gasteiger partial charge in [-0.2, -0.15) is 0 Å². The maximum absolute atomic E-state index is 12.4. The van der Waals surface area contributed by atoms with Crippen LogP contribution in [0.25, 0.3) is 0 Å². The van der Waals surface area contributed by atoms with Crippen molar-refractivity contribution in [3.05, 3.63) is 41.7 Å². The van der Waals surface area contributed by atoms with Crippen molar-refractivity contribution < 1.29 is 28.6 Å². The van der Waals surface area contributed by atoms with Gasteiger partial charge in [0.05, 0.1) is 25.8 Å². The molecule has 1 saturated heterocycles. The summed E-state index contributed by atoms with van der Waals surface area (Å²) in [7, 11) is 1.38. The van der Waals surface area contributed by atoms with Gasteiger partial charge in [-0.1, -0.05) is 18.2 Å². The monoisotopic (exact) mass is 349 g/mol. The highest BCUT2D eigenvalue weighted by Crippen LogP contribution is 2.27. The minimum absolute atomic E-state index is 0.00106. The number of ether oxygens (including phenoxy) is 3. The summed E-state index contributed by atoms with van der Waals surface area (Å²) >= 11 is 0. The first kappa shape index (κ1) is 18.8. The predicted molar refractivity (Wildman–Crippen MR) is 89.1 cm³/mol. The number of esters is 1. The quantitative estimate of drug-likeness (QED) is 0.446. The summed E-state index contributed by atoms with van der Waals surface area (Å²) in [6, 6.07) is 7.37. The Balaban J connectivity index is 2.15. The molecule has 1 aliphatic rings. The summed E-state index contributed by atoms with van der Waals surface area (Å²) in [5, 5.41) is 1.11. The number of nitrogens with zero attached hydrogens (tertiary/aromatic N) is 1. The Morgan fingerprint density at radius 3 is 2.52 bits per heavy atom. The average Bonchev–Trinajstić information content (AvgIpc) is 2.77. The minimum Gasteiger partial charge on any atom is -0.491 e. The van der Waals surface area contributed by atoms with Crippen molar-refractivity contribution in [3.8, 4) is 5.75 Å². The number of hydrogen-bond donors (Lipinski definition) is 0. The van der Waals surface area contributed by atoms with Crippen LogP contribution in [0.2, 0.25) is 0 Å². The molecule has 7 heteroatoms. The second kappa shape index (κ2) is 7.57. The topological polar surface area (TPSA) is 74.3 Å². The molecule has 0 aromatic heterocycles. The highest BCUT2D eigenvalue weighted by molar-refractivity contribution is 5.97. The van der Waals surface area contributed by atoms with E-state index in [4.69, 9.17) is 19.0 Å². The van der Waals surface area contributed by atoms with Gasteiger partial charge in [0.1, 0.15) is 5.75 Å². The maximum Gasteiger partial charge on any atom is 0.377 e. The van der Waals surface area contributed by atoms with E-state index in [1.807, 2.05) is 38.1 Å². The van der Waals surface area contributed by atoms with Gasteiger partial charge >= 0.3 is 5.97 Å². The third-order valence-electron chi connectivity index (χ3n) is 3.27. The van der Waals surface area contributed by atoms with Gasteiger partial charge in [-0.15, -0.1) is 0 Å². The molecule has 0 atom stereocenters. The van der Waals surface area contributed by atoms with Gasteiger partial charge in [0.2, 0.25) is 11.5 Å². The summed E-state index contributed by atoms with van der Waals surface area (Å²) in [6.07, 6.45) is 1.06. The molecule has 1 aromatic rings. The Morgan fingerprint density at radius 1 is 1.28 bits per heavy atom. The molecule has 2 rings (SSSR count). The minimum atomic E-state index is -1.08. The van der Waals surface area contributed by atoms with Crippen molar-refractivity contribution in [2.24, 2.45) is 0 Å². The van der Waals surface area contributed by atoms with Crippen LogP contribution < -0.4 is 4.74 Å². The number of para-hydroxylation sites is 1. The largest absolute Gasteiger partial charge is 0.491 e. The molecule has 1 heterocycles. The van der Waals surface area contributed by atoms with E-state index in [-0.39, 0.29) is 18.4 Å². The molecule has 1 aromatic carbocycles. The number of hydroxylamine groups is 2. The van der Waals surface area contributed by atoms with Crippen molar-refractivity contribution in [2.75, 3.05) is 7.11 Å². The fraction of sp³-hybridized carbons (Fsp3) is 0.444. The van der Waals surface area contributed by atoms with Crippen molar-refractivity contribution in [1.29, 1.82) is 0 Å². The lowest BCUT2D eigenvalue weighted by atomic mass is 10.2. The smallest absolute Gasteiger partial charge is 0.377 e.